The normalized spacial score (nSPS) is 14.8. The minimum Gasteiger partial charge on any atom is -0.493 e. The molecular formula is C28H34N4O4. The van der Waals surface area contributed by atoms with Crippen LogP contribution in [0, 0.1) is 19.8 Å². The van der Waals surface area contributed by atoms with Gasteiger partial charge in [0.2, 0.25) is 11.8 Å². The van der Waals surface area contributed by atoms with Crippen LogP contribution in [-0.2, 0) is 4.79 Å². The fourth-order valence-corrected chi connectivity index (χ4v) is 4.41. The number of hydrogen-bond donors (Lipinski definition) is 1. The molecule has 1 aliphatic rings. The molecule has 1 N–H and O–H groups in total. The van der Waals surface area contributed by atoms with Gasteiger partial charge in [-0.15, -0.1) is 0 Å². The van der Waals surface area contributed by atoms with Crippen molar-refractivity contribution in [1.29, 1.82) is 0 Å². The van der Waals surface area contributed by atoms with Crippen molar-refractivity contribution in [3.05, 3.63) is 65.5 Å². The van der Waals surface area contributed by atoms with Crippen LogP contribution in [-0.4, -0.2) is 43.2 Å². The Morgan fingerprint density at radius 1 is 1.00 bits per heavy atom. The summed E-state index contributed by atoms with van der Waals surface area (Å²) in [7, 11) is 3.21. The van der Waals surface area contributed by atoms with Crippen molar-refractivity contribution in [3.8, 4) is 23.1 Å². The molecule has 0 bridgehead atoms. The topological polar surface area (TPSA) is 85.8 Å². The van der Waals surface area contributed by atoms with E-state index in [-0.39, 0.29) is 17.9 Å². The lowest BCUT2D eigenvalue weighted by molar-refractivity contribution is -0.126. The summed E-state index contributed by atoms with van der Waals surface area (Å²) in [6, 6.07) is 13.4. The van der Waals surface area contributed by atoms with Crippen molar-refractivity contribution in [2.45, 2.75) is 39.7 Å². The molecule has 0 unspecified atom stereocenters. The number of rotatable bonds is 8. The average molecular weight is 491 g/mol. The molecule has 190 valence electrons. The van der Waals surface area contributed by atoms with Crippen molar-refractivity contribution in [3.63, 3.8) is 0 Å². The van der Waals surface area contributed by atoms with Gasteiger partial charge < -0.3 is 24.4 Å². The molecule has 36 heavy (non-hydrogen) atoms. The number of hydrogen-bond acceptors (Lipinski definition) is 7. The summed E-state index contributed by atoms with van der Waals surface area (Å²) < 4.78 is 16.7. The van der Waals surface area contributed by atoms with Crippen LogP contribution in [0.5, 0.6) is 23.1 Å². The molecule has 0 aliphatic carbocycles. The molecule has 0 spiro atoms. The van der Waals surface area contributed by atoms with E-state index in [9.17, 15) is 4.79 Å². The molecule has 8 nitrogen and oxygen atoms in total. The summed E-state index contributed by atoms with van der Waals surface area (Å²) in [5.41, 5.74) is 3.23. The van der Waals surface area contributed by atoms with Crippen molar-refractivity contribution in [2.24, 2.45) is 5.92 Å². The number of carbonyl (C=O) groups excluding carboxylic acids is 1. The zero-order valence-electron chi connectivity index (χ0n) is 21.6. The largest absolute Gasteiger partial charge is 0.493 e. The van der Waals surface area contributed by atoms with E-state index in [4.69, 9.17) is 14.2 Å². The third-order valence-corrected chi connectivity index (χ3v) is 6.85. The van der Waals surface area contributed by atoms with Gasteiger partial charge in [0, 0.05) is 25.1 Å². The third kappa shape index (κ3) is 5.70. The molecule has 3 aromatic rings. The summed E-state index contributed by atoms with van der Waals surface area (Å²) in [6.07, 6.45) is 3.03. The molecule has 0 radical (unpaired) electrons. The van der Waals surface area contributed by atoms with Gasteiger partial charge in [0.1, 0.15) is 17.9 Å². The lowest BCUT2D eigenvalue weighted by Crippen LogP contribution is -2.41. The quantitative estimate of drug-likeness (QED) is 0.476. The molecule has 0 saturated carbocycles. The monoisotopic (exact) mass is 490 g/mol. The second-order valence-electron chi connectivity index (χ2n) is 9.12. The smallest absolute Gasteiger partial charge is 0.224 e. The van der Waals surface area contributed by atoms with Gasteiger partial charge in [0.25, 0.3) is 0 Å². The second-order valence-corrected chi connectivity index (χ2v) is 9.12. The van der Waals surface area contributed by atoms with Crippen LogP contribution in [0.4, 0.5) is 5.82 Å². The van der Waals surface area contributed by atoms with Gasteiger partial charge in [-0.2, -0.15) is 0 Å². The molecule has 8 heteroatoms. The number of amides is 1. The first-order valence-corrected chi connectivity index (χ1v) is 12.2. The van der Waals surface area contributed by atoms with Crippen LogP contribution in [0.15, 0.2) is 48.8 Å². The van der Waals surface area contributed by atoms with E-state index in [1.807, 2.05) is 50.2 Å². The lowest BCUT2D eigenvalue weighted by Gasteiger charge is -2.32. The maximum Gasteiger partial charge on any atom is 0.224 e. The van der Waals surface area contributed by atoms with Gasteiger partial charge in [-0.25, -0.2) is 9.97 Å². The van der Waals surface area contributed by atoms with Crippen molar-refractivity contribution in [2.75, 3.05) is 32.2 Å². The Morgan fingerprint density at radius 2 is 1.75 bits per heavy atom. The van der Waals surface area contributed by atoms with E-state index < -0.39 is 0 Å². The molecule has 1 amide bonds. The predicted molar refractivity (Wildman–Crippen MR) is 139 cm³/mol. The number of carbonyl (C=O) groups is 1. The second kappa shape index (κ2) is 11.3. The summed E-state index contributed by atoms with van der Waals surface area (Å²) in [6.45, 7) is 7.55. The van der Waals surface area contributed by atoms with Crippen LogP contribution in [0.25, 0.3) is 0 Å². The van der Waals surface area contributed by atoms with Gasteiger partial charge >= 0.3 is 0 Å². The van der Waals surface area contributed by atoms with E-state index in [2.05, 4.69) is 33.2 Å². The van der Waals surface area contributed by atoms with Gasteiger partial charge in [-0.1, -0.05) is 18.2 Å². The summed E-state index contributed by atoms with van der Waals surface area (Å²) >= 11 is 0. The maximum atomic E-state index is 13.0. The molecule has 1 saturated heterocycles. The number of methoxy groups -OCH3 is 2. The Bertz CT molecular complexity index is 1210. The summed E-state index contributed by atoms with van der Waals surface area (Å²) in [5, 5.41) is 3.16. The molecule has 2 heterocycles. The molecule has 2 aromatic carbocycles. The van der Waals surface area contributed by atoms with Crippen molar-refractivity contribution < 1.29 is 19.0 Å². The minimum atomic E-state index is -0.137. The molecule has 1 fully saturated rings. The van der Waals surface area contributed by atoms with Crippen molar-refractivity contribution in [1.82, 2.24) is 15.3 Å². The SMILES string of the molecule is COc1ccc([C@@H](C)NC(=O)C2CCN(c3cc(Oc4cccc(C)c4C)ncn3)CC2)cc1OC. The van der Waals surface area contributed by atoms with E-state index in [0.29, 0.717) is 17.4 Å². The number of ether oxygens (including phenoxy) is 3. The van der Waals surface area contributed by atoms with Gasteiger partial charge in [0.15, 0.2) is 11.5 Å². The van der Waals surface area contributed by atoms with Crippen LogP contribution < -0.4 is 24.4 Å². The molecule has 1 aromatic heterocycles. The van der Waals surface area contributed by atoms with Gasteiger partial charge in [0.05, 0.1) is 20.3 Å². The first kappa shape index (κ1) is 25.3. The number of benzene rings is 2. The van der Waals surface area contributed by atoms with Crippen molar-refractivity contribution >= 4 is 11.7 Å². The van der Waals surface area contributed by atoms with Gasteiger partial charge in [-0.3, -0.25) is 4.79 Å². The fraction of sp³-hybridized carbons (Fsp3) is 0.393. The van der Waals surface area contributed by atoms with E-state index in [1.165, 1.54) is 11.9 Å². The molecular weight excluding hydrogens is 456 g/mol. The minimum absolute atomic E-state index is 0.0451. The van der Waals surface area contributed by atoms with Crippen LogP contribution >= 0.6 is 0 Å². The van der Waals surface area contributed by atoms with Crippen LogP contribution in [0.2, 0.25) is 0 Å². The Morgan fingerprint density at radius 3 is 2.47 bits per heavy atom. The lowest BCUT2D eigenvalue weighted by atomic mass is 9.95. The van der Waals surface area contributed by atoms with E-state index >= 15 is 0 Å². The Labute approximate surface area is 212 Å². The standard InChI is InChI=1S/C28H34N4O4/c1-18-7-6-8-23(19(18)2)36-27-16-26(29-17-30-27)32-13-11-21(12-14-32)28(33)31-20(3)22-9-10-24(34-4)25(15-22)35-5/h6-10,15-17,20-21H,11-14H2,1-5H3,(H,31,33)/t20-/m1/s1. The molecule has 4 rings (SSSR count). The highest BCUT2D eigenvalue weighted by Gasteiger charge is 2.27. The number of nitrogens with one attached hydrogen (secondary N) is 1. The third-order valence-electron chi connectivity index (χ3n) is 6.85. The number of aryl methyl sites for hydroxylation is 1. The fourth-order valence-electron chi connectivity index (χ4n) is 4.41. The first-order valence-electron chi connectivity index (χ1n) is 12.2. The van der Waals surface area contributed by atoms with E-state index in [1.54, 1.807) is 14.2 Å². The molecule has 1 aliphatic heterocycles. The predicted octanol–water partition coefficient (Wildman–Crippen LogP) is 5.00. The van der Waals surface area contributed by atoms with E-state index in [0.717, 1.165) is 48.6 Å². The summed E-state index contributed by atoms with van der Waals surface area (Å²) in [4.78, 5) is 23.9. The highest BCUT2D eigenvalue weighted by Crippen LogP contribution is 2.31. The van der Waals surface area contributed by atoms with Crippen LogP contribution in [0.3, 0.4) is 0 Å². The zero-order valence-corrected chi connectivity index (χ0v) is 21.6. The maximum absolute atomic E-state index is 13.0. The highest BCUT2D eigenvalue weighted by molar-refractivity contribution is 5.79. The van der Waals surface area contributed by atoms with Gasteiger partial charge in [-0.05, 0) is 68.5 Å². The Kier molecular flexibility index (Phi) is 7.93. The zero-order chi connectivity index (χ0) is 25.7. The average Bonchev–Trinajstić information content (AvgIpc) is 2.91. The highest BCUT2D eigenvalue weighted by atomic mass is 16.5. The number of anilines is 1. The van der Waals surface area contributed by atoms with Crippen LogP contribution in [0.1, 0.15) is 42.5 Å². The molecule has 1 atom stereocenters. The Hall–Kier alpha value is -3.81. The number of piperidine rings is 1. The first-order chi connectivity index (χ1) is 17.4. The number of nitrogens with zero attached hydrogens (tertiary/aromatic N) is 3. The Balaban J connectivity index is 1.34. The summed E-state index contributed by atoms with van der Waals surface area (Å²) in [5.74, 6) is 3.45. The number of aromatic nitrogens is 2.